The van der Waals surface area contributed by atoms with Gasteiger partial charge in [-0.3, -0.25) is 9.63 Å². The molecule has 0 fully saturated rings. The third-order valence-electron chi connectivity index (χ3n) is 0.996. The zero-order chi connectivity index (χ0) is 8.15. The summed E-state index contributed by atoms with van der Waals surface area (Å²) >= 11 is 0. The van der Waals surface area contributed by atoms with Crippen LogP contribution in [0, 0.1) is 0 Å². The summed E-state index contributed by atoms with van der Waals surface area (Å²) in [6.07, 6.45) is 1.52. The second-order valence-corrected chi connectivity index (χ2v) is 2.24. The Balaban J connectivity index is 3.97. The number of hydroxylamine groups is 2. The van der Waals surface area contributed by atoms with Gasteiger partial charge in [-0.25, -0.2) is 5.06 Å². The Kier molecular flexibility index (Phi) is 3.72. The summed E-state index contributed by atoms with van der Waals surface area (Å²) in [5.74, 6) is -0.137. The van der Waals surface area contributed by atoms with Crippen LogP contribution in [-0.2, 0) is 9.63 Å². The molecule has 0 N–H and O–H groups in total. The maximum Gasteiger partial charge on any atom is 0.269 e. The van der Waals surface area contributed by atoms with E-state index >= 15 is 0 Å². The van der Waals surface area contributed by atoms with Gasteiger partial charge in [-0.15, -0.1) is 0 Å². The smallest absolute Gasteiger partial charge is 0.269 e. The molecule has 3 heteroatoms. The van der Waals surface area contributed by atoms with Gasteiger partial charge in [0.15, 0.2) is 0 Å². The molecular weight excluding hydrogens is 130 g/mol. The summed E-state index contributed by atoms with van der Waals surface area (Å²) in [6, 6.07) is 0. The summed E-state index contributed by atoms with van der Waals surface area (Å²) in [6.45, 7) is 3.72. The Hall–Kier alpha value is -0.830. The van der Waals surface area contributed by atoms with Gasteiger partial charge in [0.25, 0.3) is 5.91 Å². The van der Waals surface area contributed by atoms with Gasteiger partial charge in [0, 0.05) is 13.1 Å². The van der Waals surface area contributed by atoms with Crippen LogP contribution in [0.15, 0.2) is 11.6 Å². The number of rotatable bonds is 2. The average molecular weight is 143 g/mol. The molecular formula is C7H13NO2. The van der Waals surface area contributed by atoms with Crippen LogP contribution in [0.3, 0.4) is 0 Å². The molecule has 3 nitrogen and oxygen atoms in total. The first-order valence-electron chi connectivity index (χ1n) is 3.04. The van der Waals surface area contributed by atoms with E-state index in [1.54, 1.807) is 7.05 Å². The molecule has 10 heavy (non-hydrogen) atoms. The molecule has 0 aliphatic heterocycles. The van der Waals surface area contributed by atoms with Crippen molar-refractivity contribution in [2.24, 2.45) is 0 Å². The van der Waals surface area contributed by atoms with Gasteiger partial charge in [0.1, 0.15) is 0 Å². The molecule has 0 radical (unpaired) electrons. The van der Waals surface area contributed by atoms with Crippen LogP contribution in [0.2, 0.25) is 0 Å². The topological polar surface area (TPSA) is 29.5 Å². The molecule has 0 bridgehead atoms. The summed E-state index contributed by atoms with van der Waals surface area (Å²) in [4.78, 5) is 15.6. The van der Waals surface area contributed by atoms with Crippen LogP contribution in [0.1, 0.15) is 13.8 Å². The van der Waals surface area contributed by atoms with Gasteiger partial charge in [-0.1, -0.05) is 5.57 Å². The van der Waals surface area contributed by atoms with Crippen molar-refractivity contribution in [3.63, 3.8) is 0 Å². The minimum absolute atomic E-state index is 0.137. The van der Waals surface area contributed by atoms with Gasteiger partial charge in [0.05, 0.1) is 7.11 Å². The van der Waals surface area contributed by atoms with Crippen molar-refractivity contribution < 1.29 is 9.63 Å². The molecule has 0 aliphatic rings. The highest BCUT2D eigenvalue weighted by molar-refractivity contribution is 5.87. The Labute approximate surface area is 61.2 Å². The number of nitrogens with zero attached hydrogens (tertiary/aromatic N) is 1. The van der Waals surface area contributed by atoms with Crippen molar-refractivity contribution in [2.45, 2.75) is 13.8 Å². The van der Waals surface area contributed by atoms with E-state index in [0.29, 0.717) is 0 Å². The lowest BCUT2D eigenvalue weighted by Gasteiger charge is -2.10. The van der Waals surface area contributed by atoms with Crippen LogP contribution in [-0.4, -0.2) is 25.1 Å². The van der Waals surface area contributed by atoms with E-state index in [9.17, 15) is 4.79 Å². The maximum absolute atomic E-state index is 10.9. The summed E-state index contributed by atoms with van der Waals surface area (Å²) in [7, 11) is 3.03. The van der Waals surface area contributed by atoms with Crippen LogP contribution in [0.25, 0.3) is 0 Å². The van der Waals surface area contributed by atoms with Gasteiger partial charge < -0.3 is 0 Å². The highest BCUT2D eigenvalue weighted by Crippen LogP contribution is 1.92. The largest absolute Gasteiger partial charge is 0.274 e. The second-order valence-electron chi connectivity index (χ2n) is 2.24. The number of likely N-dealkylation sites (N-methyl/N-ethyl adjacent to an activating group) is 1. The predicted octanol–water partition coefficient (Wildman–Crippen LogP) is 0.972. The van der Waals surface area contributed by atoms with Crippen LogP contribution in [0.5, 0.6) is 0 Å². The van der Waals surface area contributed by atoms with Gasteiger partial charge in [-0.05, 0) is 13.8 Å². The van der Waals surface area contributed by atoms with E-state index in [4.69, 9.17) is 0 Å². The fourth-order valence-corrected chi connectivity index (χ4v) is 0.428. The molecule has 0 spiro atoms. The summed E-state index contributed by atoms with van der Waals surface area (Å²) in [5, 5.41) is 1.17. The van der Waals surface area contributed by atoms with Crippen LogP contribution < -0.4 is 0 Å². The lowest BCUT2D eigenvalue weighted by atomic mass is 10.3. The van der Waals surface area contributed by atoms with E-state index in [1.165, 1.54) is 18.2 Å². The number of carbonyl (C=O) groups excluding carboxylic acids is 1. The first kappa shape index (κ1) is 9.17. The molecule has 0 unspecified atom stereocenters. The predicted molar refractivity (Wildman–Crippen MR) is 39.2 cm³/mol. The van der Waals surface area contributed by atoms with Crippen molar-refractivity contribution in [2.75, 3.05) is 14.2 Å². The fourth-order valence-electron chi connectivity index (χ4n) is 0.428. The molecule has 0 saturated heterocycles. The Morgan fingerprint density at radius 2 is 2.00 bits per heavy atom. The van der Waals surface area contributed by atoms with Crippen molar-refractivity contribution in [3.8, 4) is 0 Å². The normalized spacial score (nSPS) is 8.80. The quantitative estimate of drug-likeness (QED) is 0.426. The molecule has 0 atom stereocenters. The first-order valence-corrected chi connectivity index (χ1v) is 3.04. The van der Waals surface area contributed by atoms with Crippen LogP contribution >= 0.6 is 0 Å². The fraction of sp³-hybridized carbons (Fsp3) is 0.571. The Morgan fingerprint density at radius 3 is 2.30 bits per heavy atom. The van der Waals surface area contributed by atoms with Gasteiger partial charge in [-0.2, -0.15) is 0 Å². The minimum atomic E-state index is -0.137. The number of hydrogen-bond acceptors (Lipinski definition) is 2. The third kappa shape index (κ3) is 3.25. The van der Waals surface area contributed by atoms with Crippen molar-refractivity contribution in [1.29, 1.82) is 0 Å². The zero-order valence-electron chi connectivity index (χ0n) is 6.84. The molecule has 0 saturated carbocycles. The first-order chi connectivity index (χ1) is 4.57. The van der Waals surface area contributed by atoms with Crippen molar-refractivity contribution >= 4 is 5.91 Å². The van der Waals surface area contributed by atoms with E-state index in [2.05, 4.69) is 4.84 Å². The lowest BCUT2D eigenvalue weighted by Crippen LogP contribution is -2.23. The minimum Gasteiger partial charge on any atom is -0.274 e. The number of amides is 1. The maximum atomic E-state index is 10.9. The van der Waals surface area contributed by atoms with Gasteiger partial charge >= 0.3 is 0 Å². The lowest BCUT2D eigenvalue weighted by molar-refractivity contribution is -0.162. The zero-order valence-corrected chi connectivity index (χ0v) is 6.84. The highest BCUT2D eigenvalue weighted by Gasteiger charge is 2.01. The molecule has 0 heterocycles. The van der Waals surface area contributed by atoms with Gasteiger partial charge in [0.2, 0.25) is 0 Å². The monoisotopic (exact) mass is 143 g/mol. The van der Waals surface area contributed by atoms with E-state index < -0.39 is 0 Å². The molecule has 0 aromatic carbocycles. The SMILES string of the molecule is CON(C)C(=O)C=C(C)C. The van der Waals surface area contributed by atoms with Crippen molar-refractivity contribution in [1.82, 2.24) is 5.06 Å². The average Bonchev–Trinajstić information content (AvgIpc) is 1.85. The highest BCUT2D eigenvalue weighted by atomic mass is 16.7. The molecule has 0 aromatic rings. The summed E-state index contributed by atoms with van der Waals surface area (Å²) in [5.41, 5.74) is 0.967. The number of hydrogen-bond donors (Lipinski definition) is 0. The number of carbonyl (C=O) groups is 1. The number of allylic oxidation sites excluding steroid dienone is 1. The van der Waals surface area contributed by atoms with Crippen LogP contribution in [0.4, 0.5) is 0 Å². The van der Waals surface area contributed by atoms with Crippen molar-refractivity contribution in [3.05, 3.63) is 11.6 Å². The van der Waals surface area contributed by atoms with E-state index in [1.807, 2.05) is 13.8 Å². The molecule has 58 valence electrons. The Bertz CT molecular complexity index is 148. The summed E-state index contributed by atoms with van der Waals surface area (Å²) < 4.78 is 0. The van der Waals surface area contributed by atoms with E-state index in [0.717, 1.165) is 5.57 Å². The molecule has 1 amide bonds. The molecule has 0 aliphatic carbocycles. The molecule has 0 rings (SSSR count). The Morgan fingerprint density at radius 1 is 1.50 bits per heavy atom. The molecule has 0 aromatic heterocycles. The van der Waals surface area contributed by atoms with E-state index in [-0.39, 0.29) is 5.91 Å². The standard InChI is InChI=1S/C7H13NO2/c1-6(2)5-7(9)8(3)10-4/h5H,1-4H3. The second kappa shape index (κ2) is 4.06. The third-order valence-corrected chi connectivity index (χ3v) is 0.996.